The minimum atomic E-state index is -4.69. The molecule has 7 nitrogen and oxygen atoms in total. The van der Waals surface area contributed by atoms with Gasteiger partial charge >= 0.3 is 6.18 Å². The molecule has 1 heterocycles. The van der Waals surface area contributed by atoms with Crippen LogP contribution in [-0.4, -0.2) is 15.1 Å². The molecule has 2 N–H and O–H groups in total. The first-order chi connectivity index (χ1) is 11.2. The standard InChI is InChI=1S/C14H13F3N4O3.ClH/c15-14(16,17)8-3-4-9(10(7-8)21(22)23)11-19-12(20-24-11)13(18)5-1-2-6-13;/h3-4,7H,1-2,5-6,18H2;1H. The lowest BCUT2D eigenvalue weighted by Gasteiger charge is -2.17. The first-order valence-electron chi connectivity index (χ1n) is 7.20. The lowest BCUT2D eigenvalue weighted by molar-refractivity contribution is -0.384. The molecule has 1 aliphatic rings. The van der Waals surface area contributed by atoms with Crippen LogP contribution in [0.15, 0.2) is 22.7 Å². The van der Waals surface area contributed by atoms with Crippen LogP contribution in [-0.2, 0) is 11.7 Å². The molecule has 0 amide bonds. The van der Waals surface area contributed by atoms with E-state index in [1.807, 2.05) is 0 Å². The summed E-state index contributed by atoms with van der Waals surface area (Å²) in [6, 6.07) is 2.14. The predicted molar refractivity (Wildman–Crippen MR) is 83.0 cm³/mol. The van der Waals surface area contributed by atoms with Crippen molar-refractivity contribution >= 4 is 18.1 Å². The Morgan fingerprint density at radius 1 is 1.28 bits per heavy atom. The van der Waals surface area contributed by atoms with Crippen molar-refractivity contribution < 1.29 is 22.6 Å². The van der Waals surface area contributed by atoms with Gasteiger partial charge in [0.1, 0.15) is 5.56 Å². The predicted octanol–water partition coefficient (Wildman–Crippen LogP) is 3.81. The van der Waals surface area contributed by atoms with E-state index in [1.54, 1.807) is 0 Å². The third-order valence-corrected chi connectivity index (χ3v) is 4.12. The summed E-state index contributed by atoms with van der Waals surface area (Å²) in [5.74, 6) is -0.00801. The van der Waals surface area contributed by atoms with Crippen molar-refractivity contribution in [3.63, 3.8) is 0 Å². The molecule has 136 valence electrons. The lowest BCUT2D eigenvalue weighted by atomic mass is 9.98. The molecule has 0 saturated heterocycles. The van der Waals surface area contributed by atoms with Crippen molar-refractivity contribution in [2.24, 2.45) is 5.73 Å². The molecular weight excluding hydrogens is 365 g/mol. The summed E-state index contributed by atoms with van der Waals surface area (Å²) in [6.45, 7) is 0. The maximum Gasteiger partial charge on any atom is 0.416 e. The molecule has 11 heteroatoms. The quantitative estimate of drug-likeness (QED) is 0.642. The first-order valence-corrected chi connectivity index (χ1v) is 7.20. The Labute approximate surface area is 145 Å². The van der Waals surface area contributed by atoms with Gasteiger partial charge in [0.2, 0.25) is 0 Å². The normalized spacial score (nSPS) is 16.5. The average molecular weight is 379 g/mol. The van der Waals surface area contributed by atoms with Gasteiger partial charge in [-0.1, -0.05) is 18.0 Å². The smallest absolute Gasteiger partial charge is 0.334 e. The van der Waals surface area contributed by atoms with Crippen LogP contribution in [0.4, 0.5) is 18.9 Å². The highest BCUT2D eigenvalue weighted by molar-refractivity contribution is 5.85. The molecule has 1 saturated carbocycles. The molecule has 1 aromatic heterocycles. The summed E-state index contributed by atoms with van der Waals surface area (Å²) in [5.41, 5.74) is 3.38. The minimum absolute atomic E-state index is 0. The number of halogens is 4. The van der Waals surface area contributed by atoms with E-state index in [2.05, 4.69) is 10.1 Å². The fraction of sp³-hybridized carbons (Fsp3) is 0.429. The maximum atomic E-state index is 12.7. The lowest BCUT2D eigenvalue weighted by Crippen LogP contribution is -2.34. The summed E-state index contributed by atoms with van der Waals surface area (Å²) in [7, 11) is 0. The molecular formula is C14H14ClF3N4O3. The van der Waals surface area contributed by atoms with Crippen LogP contribution < -0.4 is 5.73 Å². The Morgan fingerprint density at radius 2 is 1.92 bits per heavy atom. The topological polar surface area (TPSA) is 108 Å². The molecule has 0 atom stereocenters. The summed E-state index contributed by atoms with van der Waals surface area (Å²) in [4.78, 5) is 14.3. The van der Waals surface area contributed by atoms with Gasteiger partial charge in [-0.3, -0.25) is 10.1 Å². The third-order valence-electron chi connectivity index (χ3n) is 4.12. The van der Waals surface area contributed by atoms with Gasteiger partial charge in [0.15, 0.2) is 5.82 Å². The largest absolute Gasteiger partial charge is 0.416 e. The van der Waals surface area contributed by atoms with Crippen molar-refractivity contribution in [3.05, 3.63) is 39.7 Å². The number of aromatic nitrogens is 2. The Kier molecular flexibility index (Phi) is 5.05. The number of nitro benzene ring substituents is 1. The zero-order valence-corrected chi connectivity index (χ0v) is 13.6. The van der Waals surface area contributed by atoms with Gasteiger partial charge < -0.3 is 10.3 Å². The van der Waals surface area contributed by atoms with Crippen molar-refractivity contribution in [2.75, 3.05) is 0 Å². The molecule has 25 heavy (non-hydrogen) atoms. The van der Waals surface area contributed by atoms with E-state index in [9.17, 15) is 23.3 Å². The van der Waals surface area contributed by atoms with Crippen LogP contribution in [0.3, 0.4) is 0 Å². The van der Waals surface area contributed by atoms with Crippen LogP contribution in [0.1, 0.15) is 37.1 Å². The molecule has 1 aromatic carbocycles. The van der Waals surface area contributed by atoms with E-state index in [1.165, 1.54) is 0 Å². The second kappa shape index (κ2) is 6.60. The summed E-state index contributed by atoms with van der Waals surface area (Å²) >= 11 is 0. The Balaban J connectivity index is 0.00000225. The highest BCUT2D eigenvalue weighted by Gasteiger charge is 2.37. The third kappa shape index (κ3) is 3.59. The van der Waals surface area contributed by atoms with Crippen molar-refractivity contribution in [1.82, 2.24) is 10.1 Å². The average Bonchev–Trinajstić information content (AvgIpc) is 3.15. The number of nitrogens with two attached hydrogens (primary N) is 1. The van der Waals surface area contributed by atoms with E-state index in [0.717, 1.165) is 25.0 Å². The maximum absolute atomic E-state index is 12.7. The molecule has 3 rings (SSSR count). The molecule has 2 aromatic rings. The van der Waals surface area contributed by atoms with Gasteiger partial charge in [-0.2, -0.15) is 18.2 Å². The summed E-state index contributed by atoms with van der Waals surface area (Å²) < 4.78 is 43.2. The number of nitrogens with zero attached hydrogens (tertiary/aromatic N) is 3. The minimum Gasteiger partial charge on any atom is -0.334 e. The van der Waals surface area contributed by atoms with Crippen LogP contribution >= 0.6 is 12.4 Å². The second-order valence-electron chi connectivity index (χ2n) is 5.77. The number of nitro groups is 1. The van der Waals surface area contributed by atoms with Gasteiger partial charge in [-0.05, 0) is 25.0 Å². The van der Waals surface area contributed by atoms with Crippen molar-refractivity contribution in [2.45, 2.75) is 37.4 Å². The molecule has 0 bridgehead atoms. The van der Waals surface area contributed by atoms with Gasteiger partial charge in [-0.15, -0.1) is 12.4 Å². The zero-order valence-electron chi connectivity index (χ0n) is 12.7. The van der Waals surface area contributed by atoms with Crippen LogP contribution in [0.25, 0.3) is 11.5 Å². The van der Waals surface area contributed by atoms with Crippen molar-refractivity contribution in [1.29, 1.82) is 0 Å². The monoisotopic (exact) mass is 378 g/mol. The SMILES string of the molecule is Cl.NC1(c2noc(-c3ccc(C(F)(F)F)cc3[N+](=O)[O-])n2)CCCC1. The number of hydrogen-bond acceptors (Lipinski definition) is 6. The van der Waals surface area contributed by atoms with Gasteiger partial charge in [0.05, 0.1) is 16.0 Å². The first kappa shape index (κ1) is 19.1. The van der Waals surface area contributed by atoms with E-state index in [-0.39, 0.29) is 29.7 Å². The number of benzene rings is 1. The van der Waals surface area contributed by atoms with E-state index >= 15 is 0 Å². The molecule has 0 spiro atoms. The molecule has 1 fully saturated rings. The number of hydrogen-bond donors (Lipinski definition) is 1. The molecule has 1 aliphatic carbocycles. The van der Waals surface area contributed by atoms with E-state index < -0.39 is 27.9 Å². The van der Waals surface area contributed by atoms with Gasteiger partial charge in [-0.25, -0.2) is 0 Å². The van der Waals surface area contributed by atoms with Gasteiger partial charge in [0.25, 0.3) is 11.6 Å². The molecule has 0 aliphatic heterocycles. The van der Waals surface area contributed by atoms with Crippen LogP contribution in [0.5, 0.6) is 0 Å². The second-order valence-corrected chi connectivity index (χ2v) is 5.77. The highest BCUT2D eigenvalue weighted by Crippen LogP contribution is 2.38. The van der Waals surface area contributed by atoms with E-state index in [0.29, 0.717) is 18.9 Å². The molecule has 0 radical (unpaired) electrons. The fourth-order valence-electron chi connectivity index (χ4n) is 2.80. The van der Waals surface area contributed by atoms with Crippen LogP contribution in [0.2, 0.25) is 0 Å². The number of alkyl halides is 3. The zero-order chi connectivity index (χ0) is 17.5. The summed E-state index contributed by atoms with van der Waals surface area (Å²) in [5, 5.41) is 14.9. The number of rotatable bonds is 3. The molecule has 0 unspecified atom stereocenters. The van der Waals surface area contributed by atoms with Crippen LogP contribution in [0, 0.1) is 10.1 Å². The van der Waals surface area contributed by atoms with Crippen molar-refractivity contribution in [3.8, 4) is 11.5 Å². The summed E-state index contributed by atoms with van der Waals surface area (Å²) in [6.07, 6.45) is -1.57. The Bertz CT molecular complexity index is 788. The fourth-order valence-corrected chi connectivity index (χ4v) is 2.80. The Hall–Kier alpha value is -2.20. The highest BCUT2D eigenvalue weighted by atomic mass is 35.5. The Morgan fingerprint density at radius 3 is 2.48 bits per heavy atom. The van der Waals surface area contributed by atoms with Gasteiger partial charge in [0, 0.05) is 6.07 Å². The van der Waals surface area contributed by atoms with E-state index in [4.69, 9.17) is 10.3 Å².